The van der Waals surface area contributed by atoms with Gasteiger partial charge in [0, 0.05) is 18.3 Å². The Balaban J connectivity index is 1.50. The molecule has 0 radical (unpaired) electrons. The van der Waals surface area contributed by atoms with Gasteiger partial charge in [0.1, 0.15) is 0 Å². The molecule has 2 N–H and O–H groups in total. The van der Waals surface area contributed by atoms with Crippen molar-refractivity contribution in [2.24, 2.45) is 0 Å². The molecule has 1 fully saturated rings. The summed E-state index contributed by atoms with van der Waals surface area (Å²) in [7, 11) is 0. The number of carbonyl (C=O) groups is 2. The molecule has 2 aromatic carbocycles. The average molecular weight is 408 g/mol. The third kappa shape index (κ3) is 6.17. The van der Waals surface area contributed by atoms with E-state index < -0.39 is 0 Å². The summed E-state index contributed by atoms with van der Waals surface area (Å²) in [6.07, 6.45) is 2.26. The van der Waals surface area contributed by atoms with Gasteiger partial charge in [-0.25, -0.2) is 0 Å². The second-order valence-corrected chi connectivity index (χ2v) is 8.62. The van der Waals surface area contributed by atoms with Crippen molar-refractivity contribution in [3.05, 3.63) is 64.7 Å². The highest BCUT2D eigenvalue weighted by molar-refractivity contribution is 5.95. The molecule has 0 aromatic heterocycles. The molecule has 0 atom stereocenters. The van der Waals surface area contributed by atoms with E-state index in [0.29, 0.717) is 18.5 Å². The summed E-state index contributed by atoms with van der Waals surface area (Å²) in [6.45, 7) is 9.34. The van der Waals surface area contributed by atoms with Gasteiger partial charge in [-0.2, -0.15) is 0 Å². The highest BCUT2D eigenvalue weighted by atomic mass is 16.2. The first-order valence-electron chi connectivity index (χ1n) is 10.8. The number of hydrogen-bond donors (Lipinski definition) is 2. The maximum absolute atomic E-state index is 12.5. The number of nitrogens with zero attached hydrogens (tertiary/aromatic N) is 1. The topological polar surface area (TPSA) is 61.4 Å². The molecule has 1 aliphatic carbocycles. The second kappa shape index (κ2) is 9.90. The SMILES string of the molecule is Cc1cccc(C)c1NC(=O)CNC(=O)CN(Cc1ccc(C(C)C)cc1)C1CC1. The van der Waals surface area contributed by atoms with Gasteiger partial charge in [0.15, 0.2) is 0 Å². The van der Waals surface area contributed by atoms with Crippen molar-refractivity contribution >= 4 is 17.5 Å². The van der Waals surface area contributed by atoms with Crippen LogP contribution in [0.3, 0.4) is 0 Å². The molecule has 0 saturated heterocycles. The van der Waals surface area contributed by atoms with E-state index in [2.05, 4.69) is 53.6 Å². The van der Waals surface area contributed by atoms with Crippen LogP contribution >= 0.6 is 0 Å². The molecule has 3 rings (SSSR count). The summed E-state index contributed by atoms with van der Waals surface area (Å²) in [5, 5.41) is 5.68. The third-order valence-corrected chi connectivity index (χ3v) is 5.63. The Bertz CT molecular complexity index is 866. The van der Waals surface area contributed by atoms with Gasteiger partial charge in [-0.15, -0.1) is 0 Å². The Morgan fingerprint density at radius 1 is 1.00 bits per heavy atom. The Labute approximate surface area is 179 Å². The van der Waals surface area contributed by atoms with Crippen molar-refractivity contribution in [1.82, 2.24) is 10.2 Å². The number of benzene rings is 2. The van der Waals surface area contributed by atoms with E-state index in [0.717, 1.165) is 36.2 Å². The molecule has 1 aliphatic rings. The van der Waals surface area contributed by atoms with Crippen LogP contribution in [0, 0.1) is 13.8 Å². The second-order valence-electron chi connectivity index (χ2n) is 8.62. The Morgan fingerprint density at radius 3 is 2.20 bits per heavy atom. The fraction of sp³-hybridized carbons (Fsp3) is 0.440. The summed E-state index contributed by atoms with van der Waals surface area (Å²) in [4.78, 5) is 27.0. The monoisotopic (exact) mass is 407 g/mol. The molecule has 160 valence electrons. The predicted molar refractivity (Wildman–Crippen MR) is 122 cm³/mol. The number of carbonyl (C=O) groups excluding carboxylic acids is 2. The molecule has 30 heavy (non-hydrogen) atoms. The van der Waals surface area contributed by atoms with E-state index >= 15 is 0 Å². The number of nitrogens with one attached hydrogen (secondary N) is 2. The molecule has 0 unspecified atom stereocenters. The zero-order valence-corrected chi connectivity index (χ0v) is 18.5. The van der Waals surface area contributed by atoms with E-state index in [1.807, 2.05) is 32.0 Å². The van der Waals surface area contributed by atoms with Crippen molar-refractivity contribution in [3.63, 3.8) is 0 Å². The van der Waals surface area contributed by atoms with Crippen LogP contribution in [0.15, 0.2) is 42.5 Å². The zero-order valence-electron chi connectivity index (χ0n) is 18.5. The van der Waals surface area contributed by atoms with Crippen molar-refractivity contribution in [2.45, 2.75) is 59.0 Å². The molecule has 5 nitrogen and oxygen atoms in total. The van der Waals surface area contributed by atoms with Gasteiger partial charge >= 0.3 is 0 Å². The summed E-state index contributed by atoms with van der Waals surface area (Å²) in [5.74, 6) is 0.194. The molecule has 2 amide bonds. The van der Waals surface area contributed by atoms with Gasteiger partial charge < -0.3 is 10.6 Å². The van der Waals surface area contributed by atoms with E-state index in [1.165, 1.54) is 11.1 Å². The smallest absolute Gasteiger partial charge is 0.243 e. The average Bonchev–Trinajstić information content (AvgIpc) is 3.54. The van der Waals surface area contributed by atoms with Gasteiger partial charge in [0.05, 0.1) is 13.1 Å². The van der Waals surface area contributed by atoms with Gasteiger partial charge in [0.25, 0.3) is 0 Å². The lowest BCUT2D eigenvalue weighted by atomic mass is 10.0. The fourth-order valence-electron chi connectivity index (χ4n) is 3.61. The molecule has 2 aromatic rings. The van der Waals surface area contributed by atoms with Crippen LogP contribution in [0.4, 0.5) is 5.69 Å². The fourth-order valence-corrected chi connectivity index (χ4v) is 3.61. The minimum Gasteiger partial charge on any atom is -0.346 e. The summed E-state index contributed by atoms with van der Waals surface area (Å²) >= 11 is 0. The largest absolute Gasteiger partial charge is 0.346 e. The molecular weight excluding hydrogens is 374 g/mol. The Hall–Kier alpha value is -2.66. The number of hydrogen-bond acceptors (Lipinski definition) is 3. The normalized spacial score (nSPS) is 13.5. The first-order chi connectivity index (χ1) is 14.3. The molecule has 0 aliphatic heterocycles. The van der Waals surface area contributed by atoms with Gasteiger partial charge in [-0.3, -0.25) is 14.5 Å². The van der Waals surface area contributed by atoms with Gasteiger partial charge in [0.2, 0.25) is 11.8 Å². The summed E-state index contributed by atoms with van der Waals surface area (Å²) < 4.78 is 0. The maximum Gasteiger partial charge on any atom is 0.243 e. The van der Waals surface area contributed by atoms with Crippen molar-refractivity contribution in [3.8, 4) is 0 Å². The number of rotatable bonds is 9. The summed E-state index contributed by atoms with van der Waals surface area (Å²) in [6, 6.07) is 15.0. The van der Waals surface area contributed by atoms with Crippen molar-refractivity contribution in [2.75, 3.05) is 18.4 Å². The van der Waals surface area contributed by atoms with Crippen LogP contribution in [-0.4, -0.2) is 35.8 Å². The van der Waals surface area contributed by atoms with E-state index in [-0.39, 0.29) is 18.4 Å². The minimum absolute atomic E-state index is 0.0196. The standard InChI is InChI=1S/C25H33N3O2/c1-17(2)21-10-8-20(9-11-21)15-28(22-12-13-22)16-24(30)26-14-23(29)27-25-18(3)6-5-7-19(25)4/h5-11,17,22H,12-16H2,1-4H3,(H,26,30)(H,27,29). The van der Waals surface area contributed by atoms with E-state index in [1.54, 1.807) is 0 Å². The molecule has 0 heterocycles. The first-order valence-corrected chi connectivity index (χ1v) is 10.8. The van der Waals surface area contributed by atoms with Crippen molar-refractivity contribution in [1.29, 1.82) is 0 Å². The quantitative estimate of drug-likeness (QED) is 0.657. The number of aryl methyl sites for hydroxylation is 2. The minimum atomic E-state index is -0.206. The first kappa shape index (κ1) is 22.0. The zero-order chi connectivity index (χ0) is 21.7. The molecule has 1 saturated carbocycles. The van der Waals surface area contributed by atoms with Gasteiger partial charge in [-0.1, -0.05) is 56.3 Å². The predicted octanol–water partition coefficient (Wildman–Crippen LogP) is 4.15. The van der Waals surface area contributed by atoms with E-state index in [9.17, 15) is 9.59 Å². The van der Waals surface area contributed by atoms with Crippen molar-refractivity contribution < 1.29 is 9.59 Å². The number of amides is 2. The van der Waals surface area contributed by atoms with Crippen LogP contribution < -0.4 is 10.6 Å². The third-order valence-electron chi connectivity index (χ3n) is 5.63. The van der Waals surface area contributed by atoms with Crippen LogP contribution in [0.25, 0.3) is 0 Å². The highest BCUT2D eigenvalue weighted by Crippen LogP contribution is 2.28. The van der Waals surface area contributed by atoms with Crippen LogP contribution in [-0.2, 0) is 16.1 Å². The maximum atomic E-state index is 12.5. The molecular formula is C25H33N3O2. The van der Waals surface area contributed by atoms with Gasteiger partial charge in [-0.05, 0) is 54.9 Å². The number of para-hydroxylation sites is 1. The molecule has 0 bridgehead atoms. The van der Waals surface area contributed by atoms with E-state index in [4.69, 9.17) is 0 Å². The Kier molecular flexibility index (Phi) is 7.27. The lowest BCUT2D eigenvalue weighted by Crippen LogP contribution is -2.41. The lowest BCUT2D eigenvalue weighted by molar-refractivity contribution is -0.125. The van der Waals surface area contributed by atoms with Crippen LogP contribution in [0.5, 0.6) is 0 Å². The molecule has 5 heteroatoms. The summed E-state index contributed by atoms with van der Waals surface area (Å²) in [5.41, 5.74) is 5.38. The lowest BCUT2D eigenvalue weighted by Gasteiger charge is -2.22. The Morgan fingerprint density at radius 2 is 1.63 bits per heavy atom. The molecule has 0 spiro atoms. The number of anilines is 1. The van der Waals surface area contributed by atoms with Crippen LogP contribution in [0.1, 0.15) is 54.9 Å². The highest BCUT2D eigenvalue weighted by Gasteiger charge is 2.30. The van der Waals surface area contributed by atoms with Crippen LogP contribution in [0.2, 0.25) is 0 Å².